The number of aromatic nitrogens is 3. The Bertz CT molecular complexity index is 690. The molecular weight excluding hydrogens is 322 g/mol. The van der Waals surface area contributed by atoms with Gasteiger partial charge in [-0.3, -0.25) is 0 Å². The second kappa shape index (κ2) is 9.03. The Hall–Kier alpha value is -2.61. The Morgan fingerprint density at radius 2 is 1.92 bits per heavy atom. The molecule has 0 aliphatic heterocycles. The van der Waals surface area contributed by atoms with Gasteiger partial charge in [0.15, 0.2) is 0 Å². The van der Waals surface area contributed by atoms with Crippen LogP contribution in [0.2, 0.25) is 0 Å². The Morgan fingerprint density at radius 3 is 2.56 bits per heavy atom. The fourth-order valence-electron chi connectivity index (χ4n) is 2.39. The predicted molar refractivity (Wildman–Crippen MR) is 97.0 cm³/mol. The van der Waals surface area contributed by atoms with E-state index < -0.39 is 0 Å². The summed E-state index contributed by atoms with van der Waals surface area (Å²) < 4.78 is 10.6. The minimum absolute atomic E-state index is 0.0415. The average Bonchev–Trinajstić information content (AvgIpc) is 2.61. The molecule has 8 heteroatoms. The fraction of sp³-hybridized carbons (Fsp3) is 0.471. The van der Waals surface area contributed by atoms with E-state index in [1.807, 2.05) is 24.0 Å². The van der Waals surface area contributed by atoms with E-state index in [-0.39, 0.29) is 6.61 Å². The number of ether oxygens (including phenoxy) is 2. The van der Waals surface area contributed by atoms with Gasteiger partial charge in [0.05, 0.1) is 26.5 Å². The van der Waals surface area contributed by atoms with Gasteiger partial charge in [0.1, 0.15) is 17.3 Å². The van der Waals surface area contributed by atoms with Gasteiger partial charge in [0.25, 0.3) is 0 Å². The van der Waals surface area contributed by atoms with E-state index in [4.69, 9.17) is 9.47 Å². The Morgan fingerprint density at radius 1 is 1.12 bits per heavy atom. The number of methoxy groups -OCH3 is 2. The average molecular weight is 347 g/mol. The minimum atomic E-state index is 0.0415. The molecule has 2 rings (SSSR count). The number of aryl methyl sites for hydroxylation is 1. The summed E-state index contributed by atoms with van der Waals surface area (Å²) in [6.45, 7) is 5.15. The molecule has 1 aromatic heterocycles. The lowest BCUT2D eigenvalue weighted by Crippen LogP contribution is -2.29. The van der Waals surface area contributed by atoms with Crippen LogP contribution in [0.1, 0.15) is 19.2 Å². The molecule has 0 bridgehead atoms. The van der Waals surface area contributed by atoms with Crippen LogP contribution in [0.5, 0.6) is 11.5 Å². The van der Waals surface area contributed by atoms with Crippen molar-refractivity contribution in [3.8, 4) is 11.5 Å². The molecule has 0 aliphatic rings. The first-order valence-corrected chi connectivity index (χ1v) is 8.18. The van der Waals surface area contributed by atoms with E-state index in [9.17, 15) is 5.11 Å². The van der Waals surface area contributed by atoms with Crippen LogP contribution in [0.4, 0.5) is 17.6 Å². The fourth-order valence-corrected chi connectivity index (χ4v) is 2.39. The zero-order valence-corrected chi connectivity index (χ0v) is 15.1. The van der Waals surface area contributed by atoms with Crippen molar-refractivity contribution in [3.05, 3.63) is 24.0 Å². The molecule has 0 saturated heterocycles. The van der Waals surface area contributed by atoms with Crippen molar-refractivity contribution in [2.45, 2.75) is 20.3 Å². The largest absolute Gasteiger partial charge is 0.497 e. The lowest BCUT2D eigenvalue weighted by molar-refractivity contribution is 0.301. The van der Waals surface area contributed by atoms with Crippen molar-refractivity contribution in [3.63, 3.8) is 0 Å². The zero-order valence-electron chi connectivity index (χ0n) is 15.1. The first-order valence-electron chi connectivity index (χ1n) is 8.18. The number of benzene rings is 1. The van der Waals surface area contributed by atoms with Gasteiger partial charge in [-0.2, -0.15) is 15.0 Å². The summed E-state index contributed by atoms with van der Waals surface area (Å²) in [5.41, 5.74) is 0.726. The van der Waals surface area contributed by atoms with Crippen LogP contribution in [0.3, 0.4) is 0 Å². The van der Waals surface area contributed by atoms with Gasteiger partial charge in [-0.1, -0.05) is 6.92 Å². The van der Waals surface area contributed by atoms with Gasteiger partial charge in [-0.05, 0) is 25.5 Å². The molecule has 2 N–H and O–H groups in total. The third-order valence-corrected chi connectivity index (χ3v) is 3.54. The normalized spacial score (nSPS) is 10.4. The number of aliphatic hydroxyl groups is 1. The van der Waals surface area contributed by atoms with Crippen molar-refractivity contribution in [2.75, 3.05) is 44.1 Å². The second-order valence-electron chi connectivity index (χ2n) is 5.41. The summed E-state index contributed by atoms with van der Waals surface area (Å²) in [5, 5.41) is 12.4. The summed E-state index contributed by atoms with van der Waals surface area (Å²) in [6, 6.07) is 5.45. The Labute approximate surface area is 147 Å². The third-order valence-electron chi connectivity index (χ3n) is 3.54. The monoisotopic (exact) mass is 347 g/mol. The molecule has 0 spiro atoms. The summed E-state index contributed by atoms with van der Waals surface area (Å²) in [4.78, 5) is 15.1. The van der Waals surface area contributed by atoms with Crippen LogP contribution in [0, 0.1) is 6.92 Å². The second-order valence-corrected chi connectivity index (χ2v) is 5.41. The molecule has 8 nitrogen and oxygen atoms in total. The van der Waals surface area contributed by atoms with E-state index in [1.165, 1.54) is 0 Å². The maximum absolute atomic E-state index is 9.26. The van der Waals surface area contributed by atoms with Gasteiger partial charge in [-0.25, -0.2) is 0 Å². The van der Waals surface area contributed by atoms with E-state index >= 15 is 0 Å². The highest BCUT2D eigenvalue weighted by molar-refractivity contribution is 5.64. The van der Waals surface area contributed by atoms with Crippen LogP contribution in [-0.4, -0.2) is 54.0 Å². The lowest BCUT2D eigenvalue weighted by Gasteiger charge is -2.21. The lowest BCUT2D eigenvalue weighted by atomic mass is 10.2. The molecule has 0 saturated carbocycles. The highest BCUT2D eigenvalue weighted by Gasteiger charge is 2.13. The molecular formula is C17H25N5O3. The van der Waals surface area contributed by atoms with E-state index in [0.29, 0.717) is 35.8 Å². The summed E-state index contributed by atoms with van der Waals surface area (Å²) in [7, 11) is 3.20. The summed E-state index contributed by atoms with van der Waals surface area (Å²) in [6.07, 6.45) is 0.930. The number of aliphatic hydroxyl groups excluding tert-OH is 1. The number of nitrogens with one attached hydrogen (secondary N) is 1. The smallest absolute Gasteiger partial charge is 0.232 e. The molecule has 0 aliphatic carbocycles. The van der Waals surface area contributed by atoms with Crippen LogP contribution >= 0.6 is 0 Å². The first kappa shape index (κ1) is 18.7. The Balaban J connectivity index is 2.31. The first-order chi connectivity index (χ1) is 12.1. The number of rotatable bonds is 9. The van der Waals surface area contributed by atoms with Crippen LogP contribution < -0.4 is 19.7 Å². The van der Waals surface area contributed by atoms with Crippen molar-refractivity contribution in [1.29, 1.82) is 0 Å². The van der Waals surface area contributed by atoms with Crippen molar-refractivity contribution in [1.82, 2.24) is 15.0 Å². The third kappa shape index (κ3) is 4.93. The molecule has 0 atom stereocenters. The topological polar surface area (TPSA) is 92.6 Å². The molecule has 1 heterocycles. The number of hydrogen-bond donors (Lipinski definition) is 2. The summed E-state index contributed by atoms with van der Waals surface area (Å²) >= 11 is 0. The predicted octanol–water partition coefficient (Wildman–Crippen LogP) is 2.15. The SMILES string of the molecule is CCCN(CCO)c1nc(C)nc(Nc2ccc(OC)cc2OC)n1. The van der Waals surface area contributed by atoms with Gasteiger partial charge in [0.2, 0.25) is 11.9 Å². The van der Waals surface area contributed by atoms with Crippen molar-refractivity contribution in [2.24, 2.45) is 0 Å². The van der Waals surface area contributed by atoms with Crippen LogP contribution in [0.25, 0.3) is 0 Å². The zero-order chi connectivity index (χ0) is 18.2. The van der Waals surface area contributed by atoms with Gasteiger partial charge in [0, 0.05) is 19.2 Å². The highest BCUT2D eigenvalue weighted by Crippen LogP contribution is 2.30. The minimum Gasteiger partial charge on any atom is -0.497 e. The van der Waals surface area contributed by atoms with Crippen molar-refractivity contribution < 1.29 is 14.6 Å². The van der Waals surface area contributed by atoms with E-state index in [2.05, 4.69) is 27.2 Å². The van der Waals surface area contributed by atoms with Crippen molar-refractivity contribution >= 4 is 17.6 Å². The maximum atomic E-state index is 9.26. The van der Waals surface area contributed by atoms with Gasteiger partial charge in [-0.15, -0.1) is 0 Å². The quantitative estimate of drug-likeness (QED) is 0.713. The standard InChI is InChI=1S/C17H25N5O3/c1-5-8-22(9-10-23)17-19-12(2)18-16(21-17)20-14-7-6-13(24-3)11-15(14)25-4/h6-7,11,23H,5,8-10H2,1-4H3,(H,18,19,20,21). The number of hydrogen-bond acceptors (Lipinski definition) is 8. The number of anilines is 3. The summed E-state index contributed by atoms with van der Waals surface area (Å²) in [5.74, 6) is 2.88. The Kier molecular flexibility index (Phi) is 6.76. The van der Waals surface area contributed by atoms with Crippen LogP contribution in [0.15, 0.2) is 18.2 Å². The molecule has 136 valence electrons. The molecule has 2 aromatic rings. The molecule has 1 aromatic carbocycles. The van der Waals surface area contributed by atoms with Gasteiger partial charge < -0.3 is 24.8 Å². The molecule has 0 fully saturated rings. The highest BCUT2D eigenvalue weighted by atomic mass is 16.5. The molecule has 0 amide bonds. The van der Waals surface area contributed by atoms with Crippen LogP contribution in [-0.2, 0) is 0 Å². The number of nitrogens with zero attached hydrogens (tertiary/aromatic N) is 4. The molecule has 25 heavy (non-hydrogen) atoms. The van der Waals surface area contributed by atoms with E-state index in [0.717, 1.165) is 18.7 Å². The van der Waals surface area contributed by atoms with Gasteiger partial charge >= 0.3 is 0 Å². The maximum Gasteiger partial charge on any atom is 0.232 e. The molecule has 0 unspecified atom stereocenters. The van der Waals surface area contributed by atoms with E-state index in [1.54, 1.807) is 20.3 Å². The molecule has 0 radical (unpaired) electrons.